The molecule has 0 saturated heterocycles. The van der Waals surface area contributed by atoms with Crippen LogP contribution in [0.2, 0.25) is 5.02 Å². The molecule has 5 rings (SSSR count). The molecule has 1 unspecified atom stereocenters. The number of nitrogens with two attached hydrogens (primary N) is 1. The van der Waals surface area contributed by atoms with Gasteiger partial charge in [-0.05, 0) is 54.3 Å². The molecule has 1 saturated carbocycles. The zero-order valence-electron chi connectivity index (χ0n) is 23.7. The Hall–Kier alpha value is -4.21. The second-order valence-corrected chi connectivity index (χ2v) is 10.7. The minimum atomic E-state index is 0.0535. The number of nitrogens with zero attached hydrogens (tertiary/aromatic N) is 2. The van der Waals surface area contributed by atoms with E-state index >= 15 is 0 Å². The number of H-pyrrole nitrogens is 1. The van der Waals surface area contributed by atoms with Crippen LogP contribution in [0.5, 0.6) is 0 Å². The van der Waals surface area contributed by atoms with E-state index in [1.807, 2.05) is 42.4 Å². The fraction of sp³-hybridized carbons (Fsp3) is 0.258. The number of nitrogens with one attached hydrogen (secondary N) is 3. The number of hydrogen-bond donors (Lipinski definition) is 4. The van der Waals surface area contributed by atoms with Crippen molar-refractivity contribution in [3.8, 4) is 22.4 Å². The highest BCUT2D eigenvalue weighted by molar-refractivity contribution is 6.31. The minimum absolute atomic E-state index is 0.0535. The summed E-state index contributed by atoms with van der Waals surface area (Å²) in [6, 6.07) is 18.1. The van der Waals surface area contributed by atoms with Crippen LogP contribution in [0.15, 0.2) is 78.3 Å². The smallest absolute Gasteiger partial charge is 0.292 e. The van der Waals surface area contributed by atoms with E-state index in [9.17, 15) is 0 Å². The molecule has 5 N–H and O–H groups in total. The third-order valence-electron chi connectivity index (χ3n) is 6.93. The maximum Gasteiger partial charge on any atom is 0.292 e. The molecule has 0 bridgehead atoms. The van der Waals surface area contributed by atoms with E-state index in [1.54, 1.807) is 13.3 Å². The number of methoxy groups -OCH3 is 1. The fourth-order valence-electron chi connectivity index (χ4n) is 4.64. The van der Waals surface area contributed by atoms with Crippen molar-refractivity contribution < 1.29 is 19.1 Å². The van der Waals surface area contributed by atoms with E-state index in [0.717, 1.165) is 51.7 Å². The number of carbonyl (C=O) groups excluding carboxylic acids is 1. The van der Waals surface area contributed by atoms with Crippen LogP contribution >= 0.6 is 23.2 Å². The van der Waals surface area contributed by atoms with Crippen LogP contribution in [0.25, 0.3) is 22.4 Å². The summed E-state index contributed by atoms with van der Waals surface area (Å²) in [5.74, 6) is 1.67. The van der Waals surface area contributed by atoms with Crippen molar-refractivity contribution in [2.45, 2.75) is 25.2 Å². The Morgan fingerprint density at radius 3 is 2.50 bits per heavy atom. The van der Waals surface area contributed by atoms with Crippen LogP contribution in [0.4, 0.5) is 11.4 Å². The van der Waals surface area contributed by atoms with Gasteiger partial charge in [0.25, 0.3) is 6.47 Å². The van der Waals surface area contributed by atoms with Gasteiger partial charge < -0.3 is 26.1 Å². The summed E-state index contributed by atoms with van der Waals surface area (Å²) < 4.78 is 5.68. The predicted molar refractivity (Wildman–Crippen MR) is 167 cm³/mol. The molecular formula is C31H35Cl2N6O3+. The summed E-state index contributed by atoms with van der Waals surface area (Å²) in [6.45, 7) is 0.375. The topological polar surface area (TPSA) is 118 Å². The number of pyridine rings is 1. The van der Waals surface area contributed by atoms with Crippen LogP contribution in [-0.4, -0.2) is 37.7 Å². The van der Waals surface area contributed by atoms with Gasteiger partial charge in [0.05, 0.1) is 24.6 Å². The number of aromatic amines is 1. The van der Waals surface area contributed by atoms with Gasteiger partial charge in [-0.25, -0.2) is 4.98 Å². The summed E-state index contributed by atoms with van der Waals surface area (Å²) in [5, 5.41) is 7.09. The SMILES string of the molecule is CNc1ccc(-c2cnc(C(CC3CC3)c3ccc(-c4cc(Cl)ccc4N/C=C(\N)Cl)c[n+]3OC)[nH]2)cc1.COC=O. The van der Waals surface area contributed by atoms with Gasteiger partial charge in [-0.15, -0.1) is 0 Å². The van der Waals surface area contributed by atoms with Gasteiger partial charge in [0, 0.05) is 46.0 Å². The molecule has 0 radical (unpaired) electrons. The van der Waals surface area contributed by atoms with Crippen LogP contribution in [0.3, 0.4) is 0 Å². The molecule has 1 atom stereocenters. The second-order valence-electron chi connectivity index (χ2n) is 9.79. The van der Waals surface area contributed by atoms with Gasteiger partial charge >= 0.3 is 0 Å². The summed E-state index contributed by atoms with van der Waals surface area (Å²) in [4.78, 5) is 23.2. The second kappa shape index (κ2) is 14.6. The minimum Gasteiger partial charge on any atom is -0.471 e. The summed E-state index contributed by atoms with van der Waals surface area (Å²) in [6.07, 6.45) is 8.91. The Balaban J connectivity index is 0.000000952. The molecule has 0 aliphatic heterocycles. The molecule has 42 heavy (non-hydrogen) atoms. The third-order valence-corrected chi connectivity index (χ3v) is 7.27. The predicted octanol–water partition coefficient (Wildman–Crippen LogP) is 5.91. The maximum atomic E-state index is 8.95. The standard InChI is InChI=1S/C29H31Cl2N6O.C2H4O2/c1-33-22-9-5-19(6-10-22)26-15-35-29(36-26)24(13-18-3-4-18)27-12-7-20(17-37(27)38-2)23-14-21(30)8-11-25(23)34-16-28(31)32;1-4-2-3/h5-12,14-18,24,33-34H,3-4,13,32H2,1-2H3,(H,35,36);2H,1H3/q+1;/b28-16-;. The summed E-state index contributed by atoms with van der Waals surface area (Å²) >= 11 is 12.2. The summed E-state index contributed by atoms with van der Waals surface area (Å²) in [7, 11) is 4.90. The number of benzene rings is 2. The van der Waals surface area contributed by atoms with E-state index in [2.05, 4.69) is 56.8 Å². The van der Waals surface area contributed by atoms with Crippen LogP contribution < -0.4 is 25.9 Å². The zero-order valence-corrected chi connectivity index (χ0v) is 25.2. The van der Waals surface area contributed by atoms with Crippen LogP contribution in [-0.2, 0) is 9.53 Å². The maximum absolute atomic E-state index is 8.95. The fourth-order valence-corrected chi connectivity index (χ4v) is 4.87. The van der Waals surface area contributed by atoms with Gasteiger partial charge in [-0.1, -0.05) is 48.2 Å². The highest BCUT2D eigenvalue weighted by Crippen LogP contribution is 2.41. The first-order chi connectivity index (χ1) is 20.4. The molecule has 1 aliphatic rings. The molecule has 9 nitrogen and oxygen atoms in total. The lowest BCUT2D eigenvalue weighted by molar-refractivity contribution is -0.890. The van der Waals surface area contributed by atoms with Crippen molar-refractivity contribution in [1.82, 2.24) is 9.97 Å². The normalized spacial score (nSPS) is 13.4. The lowest BCUT2D eigenvalue weighted by Gasteiger charge is -2.14. The van der Waals surface area contributed by atoms with Crippen molar-refractivity contribution in [2.75, 3.05) is 31.9 Å². The monoisotopic (exact) mass is 609 g/mol. The van der Waals surface area contributed by atoms with E-state index in [0.29, 0.717) is 17.4 Å². The molecule has 0 spiro atoms. The molecular weight excluding hydrogens is 575 g/mol. The first-order valence-electron chi connectivity index (χ1n) is 13.4. The number of aromatic nitrogens is 3. The number of rotatable bonds is 11. The van der Waals surface area contributed by atoms with Crippen molar-refractivity contribution in [3.63, 3.8) is 0 Å². The molecule has 2 aromatic carbocycles. The average molecular weight is 611 g/mol. The highest BCUT2D eigenvalue weighted by Gasteiger charge is 2.35. The Morgan fingerprint density at radius 2 is 1.88 bits per heavy atom. The van der Waals surface area contributed by atoms with Crippen molar-refractivity contribution in [1.29, 1.82) is 0 Å². The zero-order chi connectivity index (χ0) is 30.1. The van der Waals surface area contributed by atoms with Gasteiger partial charge in [0.15, 0.2) is 0 Å². The number of imidazole rings is 1. The Labute approximate surface area is 255 Å². The quantitative estimate of drug-likeness (QED) is 0.0947. The third kappa shape index (κ3) is 7.96. The average Bonchev–Trinajstić information content (AvgIpc) is 3.71. The van der Waals surface area contributed by atoms with Gasteiger partial charge in [0.1, 0.15) is 24.0 Å². The van der Waals surface area contributed by atoms with E-state index < -0.39 is 0 Å². The number of carbonyl (C=O) groups is 1. The van der Waals surface area contributed by atoms with Crippen LogP contribution in [0, 0.1) is 5.92 Å². The molecule has 1 fully saturated rings. The van der Waals surface area contributed by atoms with Crippen molar-refractivity contribution in [3.05, 3.63) is 94.9 Å². The van der Waals surface area contributed by atoms with Gasteiger partial charge in [-0.3, -0.25) is 9.63 Å². The number of ether oxygens (including phenoxy) is 1. The van der Waals surface area contributed by atoms with E-state index in [1.165, 1.54) is 20.0 Å². The van der Waals surface area contributed by atoms with Gasteiger partial charge in [0.2, 0.25) is 11.9 Å². The molecule has 11 heteroatoms. The lowest BCUT2D eigenvalue weighted by atomic mass is 9.95. The first kappa shape index (κ1) is 30.7. The molecule has 1 aliphatic carbocycles. The number of hydrogen-bond acceptors (Lipinski definition) is 7. The van der Waals surface area contributed by atoms with E-state index in [4.69, 9.17) is 43.6 Å². The Bertz CT molecular complexity index is 1520. The lowest BCUT2D eigenvalue weighted by Crippen LogP contribution is -2.45. The largest absolute Gasteiger partial charge is 0.471 e. The highest BCUT2D eigenvalue weighted by atomic mass is 35.5. The van der Waals surface area contributed by atoms with Crippen molar-refractivity contribution >= 4 is 41.0 Å². The Kier molecular flexibility index (Phi) is 10.7. The van der Waals surface area contributed by atoms with Crippen LogP contribution in [0.1, 0.15) is 36.7 Å². The molecule has 0 amide bonds. The molecule has 220 valence electrons. The molecule has 2 aromatic heterocycles. The number of halogens is 2. The van der Waals surface area contributed by atoms with E-state index in [-0.39, 0.29) is 11.1 Å². The summed E-state index contributed by atoms with van der Waals surface area (Å²) in [5.41, 5.74) is 12.4. The van der Waals surface area contributed by atoms with Gasteiger partial charge in [-0.2, -0.15) is 0 Å². The molecule has 4 aromatic rings. The number of anilines is 2. The van der Waals surface area contributed by atoms with Crippen molar-refractivity contribution in [2.24, 2.45) is 11.7 Å². The molecule has 2 heterocycles. The first-order valence-corrected chi connectivity index (χ1v) is 14.2. The Morgan fingerprint density at radius 1 is 1.17 bits per heavy atom.